The number of furan rings is 1. The molecule has 10 aromatic rings. The second kappa shape index (κ2) is 13.4. The first kappa shape index (κ1) is 31.6. The summed E-state index contributed by atoms with van der Waals surface area (Å²) in [5, 5.41) is 4.67. The van der Waals surface area contributed by atoms with Gasteiger partial charge >= 0.3 is 0 Å². The van der Waals surface area contributed by atoms with Gasteiger partial charge < -0.3 is 9.32 Å². The summed E-state index contributed by atoms with van der Waals surface area (Å²) in [6, 6.07) is 75.8. The molecule has 0 N–H and O–H groups in total. The van der Waals surface area contributed by atoms with Gasteiger partial charge in [0.25, 0.3) is 0 Å². The minimum atomic E-state index is 0.853. The zero-order valence-corrected chi connectivity index (χ0v) is 29.6. The van der Waals surface area contributed by atoms with Gasteiger partial charge in [-0.3, -0.25) is 0 Å². The van der Waals surface area contributed by atoms with Gasteiger partial charge in [-0.2, -0.15) is 0 Å². The molecule has 0 bridgehead atoms. The van der Waals surface area contributed by atoms with Crippen LogP contribution in [0, 0.1) is 0 Å². The smallest absolute Gasteiger partial charge is 0.159 e. The molecular weight excluding hydrogens is 655 g/mol. The third kappa shape index (κ3) is 5.71. The number of nitrogens with zero attached hydrogens (tertiary/aromatic N) is 1. The van der Waals surface area contributed by atoms with Crippen LogP contribution in [0.4, 0.5) is 17.1 Å². The van der Waals surface area contributed by atoms with Crippen LogP contribution in [0.1, 0.15) is 0 Å². The molecule has 1 aromatic heterocycles. The van der Waals surface area contributed by atoms with Gasteiger partial charge in [0.05, 0.1) is 5.69 Å². The van der Waals surface area contributed by atoms with Crippen molar-refractivity contribution in [1.82, 2.24) is 0 Å². The summed E-state index contributed by atoms with van der Waals surface area (Å²) in [7, 11) is 0. The van der Waals surface area contributed by atoms with Crippen molar-refractivity contribution in [1.29, 1.82) is 0 Å². The number of hydrogen-bond donors (Lipinski definition) is 0. The molecule has 0 saturated heterocycles. The number of benzene rings is 9. The first-order valence-electron chi connectivity index (χ1n) is 18.4. The van der Waals surface area contributed by atoms with Crippen molar-refractivity contribution in [2.24, 2.45) is 0 Å². The van der Waals surface area contributed by atoms with Crippen molar-refractivity contribution in [3.8, 4) is 44.5 Å². The molecule has 10 rings (SSSR count). The van der Waals surface area contributed by atoms with E-state index in [1.807, 2.05) is 6.07 Å². The minimum absolute atomic E-state index is 0.853. The van der Waals surface area contributed by atoms with Crippen molar-refractivity contribution >= 4 is 49.8 Å². The van der Waals surface area contributed by atoms with Crippen LogP contribution >= 0.6 is 0 Å². The second-order valence-corrected chi connectivity index (χ2v) is 13.7. The molecule has 0 radical (unpaired) electrons. The molecule has 0 aliphatic carbocycles. The quantitative estimate of drug-likeness (QED) is 0.166. The van der Waals surface area contributed by atoms with Crippen LogP contribution in [0.3, 0.4) is 0 Å². The van der Waals surface area contributed by atoms with E-state index in [-0.39, 0.29) is 0 Å². The Hall–Kier alpha value is -7.16. The Kier molecular flexibility index (Phi) is 7.85. The molecule has 0 unspecified atom stereocenters. The van der Waals surface area contributed by atoms with Gasteiger partial charge in [-0.25, -0.2) is 0 Å². The number of anilines is 3. The van der Waals surface area contributed by atoms with Crippen LogP contribution in [0.5, 0.6) is 0 Å². The standard InChI is InChI=1S/C52H35NO/c1-3-12-36(13-4-1)38-22-24-40(25-23-38)43-34-49-48-19-9-10-21-51(48)54-52(49)50(35-43)53(44-30-26-39(27-31-44)37-14-5-2-6-15-37)45-32-28-42(29-33-45)47-20-11-17-41-16-7-8-18-46(41)47/h1-35H. The molecule has 9 aromatic carbocycles. The summed E-state index contributed by atoms with van der Waals surface area (Å²) >= 11 is 0. The highest BCUT2D eigenvalue weighted by atomic mass is 16.3. The van der Waals surface area contributed by atoms with Crippen LogP contribution in [-0.4, -0.2) is 0 Å². The molecule has 2 nitrogen and oxygen atoms in total. The van der Waals surface area contributed by atoms with Gasteiger partial charge in [0, 0.05) is 22.1 Å². The fourth-order valence-corrected chi connectivity index (χ4v) is 7.76. The number of fused-ring (bicyclic) bond motifs is 4. The third-order valence-electron chi connectivity index (χ3n) is 10.5. The van der Waals surface area contributed by atoms with E-state index in [0.717, 1.165) is 50.1 Å². The molecule has 0 atom stereocenters. The Labute approximate surface area is 314 Å². The van der Waals surface area contributed by atoms with Crippen LogP contribution in [-0.2, 0) is 0 Å². The Morgan fingerprint density at radius 2 is 0.796 bits per heavy atom. The SMILES string of the molecule is c1ccc(-c2ccc(-c3cc(N(c4ccc(-c5ccccc5)cc4)c4ccc(-c5cccc6ccccc56)cc4)c4oc5ccccc5c4c3)cc2)cc1. The average molecular weight is 690 g/mol. The van der Waals surface area contributed by atoms with Gasteiger partial charge in [-0.15, -0.1) is 0 Å². The van der Waals surface area contributed by atoms with E-state index >= 15 is 0 Å². The fraction of sp³-hybridized carbons (Fsp3) is 0. The summed E-state index contributed by atoms with van der Waals surface area (Å²) in [6.07, 6.45) is 0. The second-order valence-electron chi connectivity index (χ2n) is 13.7. The zero-order chi connectivity index (χ0) is 35.8. The molecule has 0 fully saturated rings. The number of hydrogen-bond acceptors (Lipinski definition) is 2. The average Bonchev–Trinajstić information content (AvgIpc) is 3.64. The van der Waals surface area contributed by atoms with E-state index in [1.165, 1.54) is 44.2 Å². The molecular formula is C52H35NO. The van der Waals surface area contributed by atoms with Gasteiger partial charge in [-0.1, -0.05) is 170 Å². The third-order valence-corrected chi connectivity index (χ3v) is 10.5. The Balaban J connectivity index is 1.16. The molecule has 0 saturated carbocycles. The van der Waals surface area contributed by atoms with E-state index in [2.05, 4.69) is 211 Å². The number of rotatable bonds is 7. The highest BCUT2D eigenvalue weighted by Crippen LogP contribution is 2.45. The van der Waals surface area contributed by atoms with Gasteiger partial charge in [0.2, 0.25) is 0 Å². The molecule has 0 aliphatic rings. The van der Waals surface area contributed by atoms with E-state index in [1.54, 1.807) is 0 Å². The summed E-state index contributed by atoms with van der Waals surface area (Å²) in [5.74, 6) is 0. The van der Waals surface area contributed by atoms with Crippen molar-refractivity contribution in [2.75, 3.05) is 4.90 Å². The van der Waals surface area contributed by atoms with E-state index < -0.39 is 0 Å². The number of para-hydroxylation sites is 1. The predicted molar refractivity (Wildman–Crippen MR) is 228 cm³/mol. The maximum Gasteiger partial charge on any atom is 0.159 e. The van der Waals surface area contributed by atoms with Crippen LogP contribution in [0.15, 0.2) is 217 Å². The molecule has 2 heteroatoms. The van der Waals surface area contributed by atoms with Gasteiger partial charge in [-0.05, 0) is 97.7 Å². The molecule has 254 valence electrons. The molecule has 54 heavy (non-hydrogen) atoms. The van der Waals surface area contributed by atoms with Crippen molar-refractivity contribution in [3.63, 3.8) is 0 Å². The van der Waals surface area contributed by atoms with E-state index in [0.29, 0.717) is 0 Å². The molecule has 0 aliphatic heterocycles. The highest BCUT2D eigenvalue weighted by molar-refractivity contribution is 6.12. The first-order valence-corrected chi connectivity index (χ1v) is 18.4. The summed E-state index contributed by atoms with van der Waals surface area (Å²) < 4.78 is 6.77. The minimum Gasteiger partial charge on any atom is -0.454 e. The maximum atomic E-state index is 6.77. The Bertz CT molecular complexity index is 2880. The fourth-order valence-electron chi connectivity index (χ4n) is 7.76. The lowest BCUT2D eigenvalue weighted by molar-refractivity contribution is 0.669. The van der Waals surface area contributed by atoms with Crippen molar-refractivity contribution in [2.45, 2.75) is 0 Å². The zero-order valence-electron chi connectivity index (χ0n) is 29.6. The van der Waals surface area contributed by atoms with Crippen molar-refractivity contribution < 1.29 is 4.42 Å². The predicted octanol–water partition coefficient (Wildman–Crippen LogP) is 14.9. The summed E-state index contributed by atoms with van der Waals surface area (Å²) in [6.45, 7) is 0. The lowest BCUT2D eigenvalue weighted by atomic mass is 9.97. The monoisotopic (exact) mass is 689 g/mol. The van der Waals surface area contributed by atoms with Crippen LogP contribution < -0.4 is 4.90 Å². The van der Waals surface area contributed by atoms with Gasteiger partial charge in [0.1, 0.15) is 5.58 Å². The summed E-state index contributed by atoms with van der Waals surface area (Å²) in [5.41, 5.74) is 14.2. The van der Waals surface area contributed by atoms with Gasteiger partial charge in [0.15, 0.2) is 5.58 Å². The Morgan fingerprint density at radius 1 is 0.315 bits per heavy atom. The van der Waals surface area contributed by atoms with E-state index in [4.69, 9.17) is 4.42 Å². The highest BCUT2D eigenvalue weighted by Gasteiger charge is 2.22. The normalized spacial score (nSPS) is 11.3. The van der Waals surface area contributed by atoms with Crippen LogP contribution in [0.25, 0.3) is 77.2 Å². The Morgan fingerprint density at radius 3 is 1.44 bits per heavy atom. The van der Waals surface area contributed by atoms with E-state index in [9.17, 15) is 0 Å². The molecule has 0 amide bonds. The first-order chi connectivity index (χ1) is 26.8. The maximum absolute atomic E-state index is 6.77. The van der Waals surface area contributed by atoms with Crippen molar-refractivity contribution in [3.05, 3.63) is 212 Å². The lowest BCUT2D eigenvalue weighted by Gasteiger charge is -2.27. The molecule has 1 heterocycles. The molecule has 0 spiro atoms. The summed E-state index contributed by atoms with van der Waals surface area (Å²) in [4.78, 5) is 2.34. The largest absolute Gasteiger partial charge is 0.454 e. The lowest BCUT2D eigenvalue weighted by Crippen LogP contribution is -2.10. The topological polar surface area (TPSA) is 16.4 Å². The van der Waals surface area contributed by atoms with Crippen LogP contribution in [0.2, 0.25) is 0 Å².